The molecule has 1 aliphatic rings. The predicted molar refractivity (Wildman–Crippen MR) is 55.5 cm³/mol. The SMILES string of the molecule is CCCOCCOCC1(CC)COC1. The van der Waals surface area contributed by atoms with Gasteiger partial charge in [-0.1, -0.05) is 13.8 Å². The normalized spacial score (nSPS) is 19.3. The average molecular weight is 202 g/mol. The third kappa shape index (κ3) is 3.56. The molecule has 84 valence electrons. The van der Waals surface area contributed by atoms with E-state index in [1.54, 1.807) is 0 Å². The van der Waals surface area contributed by atoms with E-state index in [4.69, 9.17) is 14.2 Å². The zero-order chi connectivity index (χ0) is 10.3. The van der Waals surface area contributed by atoms with Crippen molar-refractivity contribution in [3.05, 3.63) is 0 Å². The summed E-state index contributed by atoms with van der Waals surface area (Å²) in [5, 5.41) is 0. The summed E-state index contributed by atoms with van der Waals surface area (Å²) in [7, 11) is 0. The fourth-order valence-corrected chi connectivity index (χ4v) is 1.43. The molecule has 1 heterocycles. The monoisotopic (exact) mass is 202 g/mol. The van der Waals surface area contributed by atoms with Crippen LogP contribution < -0.4 is 0 Å². The van der Waals surface area contributed by atoms with Crippen LogP contribution in [-0.4, -0.2) is 39.6 Å². The first kappa shape index (κ1) is 12.0. The third-order valence-corrected chi connectivity index (χ3v) is 2.70. The molecule has 0 aromatic carbocycles. The van der Waals surface area contributed by atoms with E-state index in [9.17, 15) is 0 Å². The van der Waals surface area contributed by atoms with Crippen molar-refractivity contribution in [2.45, 2.75) is 26.7 Å². The Balaban J connectivity index is 1.92. The van der Waals surface area contributed by atoms with Gasteiger partial charge in [0.15, 0.2) is 0 Å². The minimum atomic E-state index is 0.310. The maximum absolute atomic E-state index is 5.57. The van der Waals surface area contributed by atoms with Crippen LogP contribution in [0.5, 0.6) is 0 Å². The molecule has 1 aliphatic heterocycles. The molecule has 3 nitrogen and oxygen atoms in total. The molecule has 1 saturated heterocycles. The van der Waals surface area contributed by atoms with Gasteiger partial charge in [0.1, 0.15) is 0 Å². The number of hydrogen-bond acceptors (Lipinski definition) is 3. The molecule has 0 aliphatic carbocycles. The van der Waals surface area contributed by atoms with Crippen LogP contribution in [0.3, 0.4) is 0 Å². The minimum Gasteiger partial charge on any atom is -0.380 e. The zero-order valence-corrected chi connectivity index (χ0v) is 9.38. The molecule has 0 N–H and O–H groups in total. The van der Waals surface area contributed by atoms with Crippen LogP contribution in [0.15, 0.2) is 0 Å². The second-order valence-corrected chi connectivity index (χ2v) is 4.01. The highest BCUT2D eigenvalue weighted by atomic mass is 16.5. The molecule has 0 atom stereocenters. The lowest BCUT2D eigenvalue weighted by molar-refractivity contribution is -0.152. The van der Waals surface area contributed by atoms with Crippen LogP contribution in [0.2, 0.25) is 0 Å². The summed E-state index contributed by atoms with van der Waals surface area (Å²) in [6.07, 6.45) is 2.22. The first-order valence-electron chi connectivity index (χ1n) is 5.56. The van der Waals surface area contributed by atoms with Gasteiger partial charge in [0.25, 0.3) is 0 Å². The van der Waals surface area contributed by atoms with Gasteiger partial charge in [-0.2, -0.15) is 0 Å². The summed E-state index contributed by atoms with van der Waals surface area (Å²) < 4.78 is 16.1. The van der Waals surface area contributed by atoms with Gasteiger partial charge in [-0.25, -0.2) is 0 Å². The van der Waals surface area contributed by atoms with E-state index in [-0.39, 0.29) is 0 Å². The molecule has 0 radical (unpaired) electrons. The largest absolute Gasteiger partial charge is 0.380 e. The molecule has 0 spiro atoms. The lowest BCUT2D eigenvalue weighted by atomic mass is 9.84. The average Bonchev–Trinajstić information content (AvgIpc) is 2.15. The molecular formula is C11H22O3. The molecule has 3 heteroatoms. The first-order valence-corrected chi connectivity index (χ1v) is 5.56. The second kappa shape index (κ2) is 6.38. The van der Waals surface area contributed by atoms with Gasteiger partial charge in [-0.15, -0.1) is 0 Å². The fraction of sp³-hybridized carbons (Fsp3) is 1.00. The molecule has 0 unspecified atom stereocenters. The second-order valence-electron chi connectivity index (χ2n) is 4.01. The molecule has 14 heavy (non-hydrogen) atoms. The summed E-state index contributed by atoms with van der Waals surface area (Å²) in [5.41, 5.74) is 0.310. The van der Waals surface area contributed by atoms with Crippen LogP contribution in [-0.2, 0) is 14.2 Å². The van der Waals surface area contributed by atoms with E-state index in [1.165, 1.54) is 0 Å². The highest BCUT2D eigenvalue weighted by Gasteiger charge is 2.36. The Hall–Kier alpha value is -0.120. The summed E-state index contributed by atoms with van der Waals surface area (Å²) in [6.45, 7) is 9.11. The van der Waals surface area contributed by atoms with E-state index in [2.05, 4.69) is 13.8 Å². The van der Waals surface area contributed by atoms with Crippen molar-refractivity contribution in [2.75, 3.05) is 39.6 Å². The van der Waals surface area contributed by atoms with Gasteiger partial charge in [-0.3, -0.25) is 0 Å². The zero-order valence-electron chi connectivity index (χ0n) is 9.38. The van der Waals surface area contributed by atoms with Crippen molar-refractivity contribution >= 4 is 0 Å². The van der Waals surface area contributed by atoms with Gasteiger partial charge in [0.05, 0.1) is 33.0 Å². The summed E-state index contributed by atoms with van der Waals surface area (Å²) in [4.78, 5) is 0. The van der Waals surface area contributed by atoms with Crippen molar-refractivity contribution in [1.82, 2.24) is 0 Å². The van der Waals surface area contributed by atoms with Crippen LogP contribution >= 0.6 is 0 Å². The van der Waals surface area contributed by atoms with Gasteiger partial charge in [-0.05, 0) is 12.8 Å². The van der Waals surface area contributed by atoms with Crippen molar-refractivity contribution in [2.24, 2.45) is 5.41 Å². The third-order valence-electron chi connectivity index (χ3n) is 2.70. The number of hydrogen-bond donors (Lipinski definition) is 0. The van der Waals surface area contributed by atoms with E-state index in [0.29, 0.717) is 18.6 Å². The quantitative estimate of drug-likeness (QED) is 0.562. The Labute approximate surface area is 86.7 Å². The highest BCUT2D eigenvalue weighted by Crippen LogP contribution is 2.31. The van der Waals surface area contributed by atoms with Crippen molar-refractivity contribution in [3.63, 3.8) is 0 Å². The topological polar surface area (TPSA) is 27.7 Å². The van der Waals surface area contributed by atoms with Crippen molar-refractivity contribution in [3.8, 4) is 0 Å². The molecule has 0 amide bonds. The number of ether oxygens (including phenoxy) is 3. The smallest absolute Gasteiger partial charge is 0.0700 e. The molecule has 1 rings (SSSR count). The standard InChI is InChI=1S/C11H22O3/c1-3-5-12-6-7-13-8-11(4-2)9-14-10-11/h3-10H2,1-2H3. The van der Waals surface area contributed by atoms with Crippen LogP contribution in [0, 0.1) is 5.41 Å². The maximum Gasteiger partial charge on any atom is 0.0700 e. The molecule has 0 aromatic heterocycles. The molecule has 0 bridgehead atoms. The molecule has 0 aromatic rings. The predicted octanol–water partition coefficient (Wildman–Crippen LogP) is 1.86. The van der Waals surface area contributed by atoms with Gasteiger partial charge in [0, 0.05) is 12.0 Å². The van der Waals surface area contributed by atoms with E-state index >= 15 is 0 Å². The lowest BCUT2D eigenvalue weighted by Gasteiger charge is -2.40. The highest BCUT2D eigenvalue weighted by molar-refractivity contribution is 4.83. The lowest BCUT2D eigenvalue weighted by Crippen LogP contribution is -2.45. The summed E-state index contributed by atoms with van der Waals surface area (Å²) in [5.74, 6) is 0. The number of rotatable bonds is 8. The van der Waals surface area contributed by atoms with Crippen molar-refractivity contribution < 1.29 is 14.2 Å². The Morgan fingerprint density at radius 1 is 1.07 bits per heavy atom. The Morgan fingerprint density at radius 2 is 1.79 bits per heavy atom. The van der Waals surface area contributed by atoms with E-state index in [1.807, 2.05) is 0 Å². The minimum absolute atomic E-state index is 0.310. The molecule has 0 saturated carbocycles. The fourth-order valence-electron chi connectivity index (χ4n) is 1.43. The van der Waals surface area contributed by atoms with Crippen molar-refractivity contribution in [1.29, 1.82) is 0 Å². The molecular weight excluding hydrogens is 180 g/mol. The van der Waals surface area contributed by atoms with E-state index in [0.717, 1.165) is 39.3 Å². The van der Waals surface area contributed by atoms with Gasteiger partial charge < -0.3 is 14.2 Å². The first-order chi connectivity index (χ1) is 6.83. The van der Waals surface area contributed by atoms with Gasteiger partial charge >= 0.3 is 0 Å². The summed E-state index contributed by atoms with van der Waals surface area (Å²) >= 11 is 0. The Morgan fingerprint density at radius 3 is 2.29 bits per heavy atom. The van der Waals surface area contributed by atoms with Crippen LogP contribution in [0.1, 0.15) is 26.7 Å². The Kier molecular flexibility index (Phi) is 5.45. The molecule has 1 fully saturated rings. The Bertz CT molecular complexity index is 138. The van der Waals surface area contributed by atoms with Crippen LogP contribution in [0.25, 0.3) is 0 Å². The van der Waals surface area contributed by atoms with E-state index < -0.39 is 0 Å². The summed E-state index contributed by atoms with van der Waals surface area (Å²) in [6, 6.07) is 0. The van der Waals surface area contributed by atoms with Crippen LogP contribution in [0.4, 0.5) is 0 Å². The maximum atomic E-state index is 5.57. The van der Waals surface area contributed by atoms with Gasteiger partial charge in [0.2, 0.25) is 0 Å².